The number of fused-ring (bicyclic) bond motifs is 1. The number of amides is 1. The van der Waals surface area contributed by atoms with Gasteiger partial charge in [0.2, 0.25) is 0 Å². The van der Waals surface area contributed by atoms with Crippen LogP contribution in [0.3, 0.4) is 0 Å². The molecule has 7 heteroatoms. The zero-order valence-corrected chi connectivity index (χ0v) is 17.0. The fourth-order valence-electron chi connectivity index (χ4n) is 3.63. The molecule has 2 heterocycles. The first-order valence-electron chi connectivity index (χ1n) is 8.48. The smallest absolute Gasteiger partial charge is 0.252 e. The molecule has 3 N–H and O–H groups in total. The van der Waals surface area contributed by atoms with Gasteiger partial charge in [-0.1, -0.05) is 6.07 Å². The van der Waals surface area contributed by atoms with E-state index in [-0.39, 0.29) is 49.2 Å². The van der Waals surface area contributed by atoms with Crippen LogP contribution in [0.15, 0.2) is 18.2 Å². The summed E-state index contributed by atoms with van der Waals surface area (Å²) in [4.78, 5) is 17.4. The minimum atomic E-state index is -0.0685. The summed E-state index contributed by atoms with van der Waals surface area (Å²) in [5.41, 5.74) is 4.61. The Morgan fingerprint density at radius 3 is 2.58 bits per heavy atom. The van der Waals surface area contributed by atoms with Gasteiger partial charge in [0.05, 0.1) is 11.1 Å². The molecule has 0 unspecified atom stereocenters. The van der Waals surface area contributed by atoms with Gasteiger partial charge in [0.1, 0.15) is 0 Å². The number of carbonyl (C=O) groups excluding carboxylic acids is 1. The molecule has 1 saturated heterocycles. The zero-order valence-electron chi connectivity index (χ0n) is 15.3. The summed E-state index contributed by atoms with van der Waals surface area (Å²) in [6.07, 6.45) is 0. The van der Waals surface area contributed by atoms with Crippen LogP contribution in [0.25, 0.3) is 10.9 Å². The van der Waals surface area contributed by atoms with Crippen molar-refractivity contribution < 1.29 is 9.90 Å². The highest BCUT2D eigenvalue weighted by Crippen LogP contribution is 2.24. The Morgan fingerprint density at radius 2 is 1.88 bits per heavy atom. The van der Waals surface area contributed by atoms with Crippen molar-refractivity contribution in [3.63, 3.8) is 0 Å². The van der Waals surface area contributed by atoms with Gasteiger partial charge >= 0.3 is 0 Å². The Balaban J connectivity index is 0.00000169. The average molecular weight is 400 g/mol. The topological polar surface area (TPSA) is 74.2 Å². The number of benzene rings is 1. The molecular formula is C19H27Cl2N3O2. The number of pyridine rings is 1. The lowest BCUT2D eigenvalue weighted by atomic mass is 9.96. The van der Waals surface area contributed by atoms with E-state index >= 15 is 0 Å². The lowest BCUT2D eigenvalue weighted by Crippen LogP contribution is -2.33. The molecule has 0 saturated carbocycles. The minimum absolute atomic E-state index is 0. The van der Waals surface area contributed by atoms with Crippen molar-refractivity contribution in [2.45, 2.75) is 20.8 Å². The molecule has 26 heavy (non-hydrogen) atoms. The molecule has 1 aliphatic heterocycles. The molecule has 144 valence electrons. The second kappa shape index (κ2) is 9.51. The number of aliphatic hydroxyl groups excluding tert-OH is 1. The second-order valence-corrected chi connectivity index (χ2v) is 6.86. The molecule has 1 aromatic carbocycles. The van der Waals surface area contributed by atoms with E-state index in [1.165, 1.54) is 0 Å². The number of nitrogens with one attached hydrogen (secondary N) is 2. The maximum atomic E-state index is 12.8. The molecule has 5 nitrogen and oxygen atoms in total. The van der Waals surface area contributed by atoms with Gasteiger partial charge in [0.25, 0.3) is 5.91 Å². The highest BCUT2D eigenvalue weighted by molar-refractivity contribution is 6.07. The van der Waals surface area contributed by atoms with E-state index in [4.69, 9.17) is 0 Å². The number of aliphatic hydroxyl groups is 1. The van der Waals surface area contributed by atoms with Crippen molar-refractivity contribution in [2.24, 2.45) is 11.8 Å². The van der Waals surface area contributed by atoms with Crippen LogP contribution in [-0.4, -0.2) is 42.2 Å². The average Bonchev–Trinajstić information content (AvgIpc) is 2.98. The van der Waals surface area contributed by atoms with E-state index in [1.54, 1.807) is 0 Å². The predicted molar refractivity (Wildman–Crippen MR) is 110 cm³/mol. The van der Waals surface area contributed by atoms with E-state index in [0.717, 1.165) is 40.8 Å². The molecule has 3 rings (SSSR count). The summed E-state index contributed by atoms with van der Waals surface area (Å²) < 4.78 is 0. The lowest BCUT2D eigenvalue weighted by Gasteiger charge is -2.17. The van der Waals surface area contributed by atoms with E-state index in [1.807, 2.05) is 32.9 Å². The first kappa shape index (κ1) is 22.6. The van der Waals surface area contributed by atoms with Gasteiger partial charge in [0, 0.05) is 43.2 Å². The standard InChI is InChI=1S/C19H25N3O2.2ClH/c1-11-4-12(2)18-16(6-13(3)22-17(18)5-11)19(24)21-9-14-7-20-8-15(14)10-23;;/h4-6,14-15,20,23H,7-10H2,1-3H3,(H,21,24);2*1H/t14-,15-;;/m1../s1. The summed E-state index contributed by atoms with van der Waals surface area (Å²) in [5.74, 6) is 0.420. The third-order valence-electron chi connectivity index (χ3n) is 4.86. The SMILES string of the molecule is Cc1cc(C)c2c(C(=O)NC[C@H]3CNC[C@@H]3CO)cc(C)nc2c1.Cl.Cl. The van der Waals surface area contributed by atoms with Gasteiger partial charge in [-0.2, -0.15) is 0 Å². The molecule has 2 aromatic rings. The number of hydrogen-bond donors (Lipinski definition) is 3. The minimum Gasteiger partial charge on any atom is -0.396 e. The van der Waals surface area contributed by atoms with Crippen molar-refractivity contribution in [3.05, 3.63) is 40.6 Å². The summed E-state index contributed by atoms with van der Waals surface area (Å²) in [5, 5.41) is 16.6. The van der Waals surface area contributed by atoms with Crippen LogP contribution in [0, 0.1) is 32.6 Å². The van der Waals surface area contributed by atoms with Crippen molar-refractivity contribution in [3.8, 4) is 0 Å². The molecule has 1 aromatic heterocycles. The van der Waals surface area contributed by atoms with E-state index in [2.05, 4.69) is 21.7 Å². The van der Waals surface area contributed by atoms with Gasteiger partial charge in [-0.25, -0.2) is 0 Å². The highest BCUT2D eigenvalue weighted by atomic mass is 35.5. The molecule has 0 bridgehead atoms. The number of nitrogens with zero attached hydrogens (tertiary/aromatic N) is 1. The van der Waals surface area contributed by atoms with Gasteiger partial charge < -0.3 is 15.7 Å². The number of hydrogen-bond acceptors (Lipinski definition) is 4. The van der Waals surface area contributed by atoms with Crippen LogP contribution >= 0.6 is 24.8 Å². The molecule has 1 amide bonds. The van der Waals surface area contributed by atoms with Crippen molar-refractivity contribution >= 4 is 41.6 Å². The Hall–Kier alpha value is -1.40. The third-order valence-corrected chi connectivity index (χ3v) is 4.86. The Labute approximate surface area is 166 Å². The quantitative estimate of drug-likeness (QED) is 0.738. The van der Waals surface area contributed by atoms with Crippen LogP contribution in [0.5, 0.6) is 0 Å². The van der Waals surface area contributed by atoms with Crippen LogP contribution in [0.2, 0.25) is 0 Å². The molecule has 0 aliphatic carbocycles. The van der Waals surface area contributed by atoms with Crippen LogP contribution in [0.1, 0.15) is 27.2 Å². The summed E-state index contributed by atoms with van der Waals surface area (Å²) in [6, 6.07) is 5.96. The fraction of sp³-hybridized carbons (Fsp3) is 0.474. The van der Waals surface area contributed by atoms with Crippen molar-refractivity contribution in [1.82, 2.24) is 15.6 Å². The number of aromatic nitrogens is 1. The molecule has 0 spiro atoms. The number of carbonyl (C=O) groups is 1. The van der Waals surface area contributed by atoms with Crippen LogP contribution in [-0.2, 0) is 0 Å². The molecule has 1 aliphatic rings. The predicted octanol–water partition coefficient (Wildman–Crippen LogP) is 2.56. The molecule has 1 fully saturated rings. The second-order valence-electron chi connectivity index (χ2n) is 6.86. The number of rotatable bonds is 4. The largest absolute Gasteiger partial charge is 0.396 e. The Kier molecular flexibility index (Phi) is 8.28. The Bertz CT molecular complexity index is 778. The fourth-order valence-corrected chi connectivity index (χ4v) is 3.63. The summed E-state index contributed by atoms with van der Waals surface area (Å²) in [7, 11) is 0. The number of halogens is 2. The first-order valence-corrected chi connectivity index (χ1v) is 8.48. The first-order chi connectivity index (χ1) is 11.5. The summed E-state index contributed by atoms with van der Waals surface area (Å²) in [6.45, 7) is 8.35. The molecular weight excluding hydrogens is 373 g/mol. The van der Waals surface area contributed by atoms with Crippen LogP contribution < -0.4 is 10.6 Å². The monoisotopic (exact) mass is 399 g/mol. The van der Waals surface area contributed by atoms with Gasteiger partial charge in [-0.15, -0.1) is 24.8 Å². The number of aryl methyl sites for hydroxylation is 3. The van der Waals surface area contributed by atoms with Gasteiger partial charge in [-0.05, 0) is 49.9 Å². The molecule has 2 atom stereocenters. The van der Waals surface area contributed by atoms with E-state index < -0.39 is 0 Å². The van der Waals surface area contributed by atoms with Crippen molar-refractivity contribution in [2.75, 3.05) is 26.2 Å². The molecule has 0 radical (unpaired) electrons. The van der Waals surface area contributed by atoms with E-state index in [0.29, 0.717) is 12.1 Å². The van der Waals surface area contributed by atoms with Gasteiger partial charge in [-0.3, -0.25) is 9.78 Å². The lowest BCUT2D eigenvalue weighted by molar-refractivity contribution is 0.0942. The van der Waals surface area contributed by atoms with E-state index in [9.17, 15) is 9.90 Å². The highest BCUT2D eigenvalue weighted by Gasteiger charge is 2.27. The van der Waals surface area contributed by atoms with Crippen LogP contribution in [0.4, 0.5) is 0 Å². The Morgan fingerprint density at radius 1 is 1.19 bits per heavy atom. The summed E-state index contributed by atoms with van der Waals surface area (Å²) >= 11 is 0. The maximum absolute atomic E-state index is 12.8. The normalized spacial score (nSPS) is 18.9. The zero-order chi connectivity index (χ0) is 17.3. The van der Waals surface area contributed by atoms with Crippen molar-refractivity contribution in [1.29, 1.82) is 0 Å². The van der Waals surface area contributed by atoms with Gasteiger partial charge in [0.15, 0.2) is 0 Å². The third kappa shape index (κ3) is 4.65. The maximum Gasteiger partial charge on any atom is 0.252 e.